The average Bonchev–Trinajstić information content (AvgIpc) is 3.56. The van der Waals surface area contributed by atoms with Crippen molar-refractivity contribution in [2.45, 2.75) is 241 Å². The standard InChI is InChI=1S/C48H80O36S/c49-6-13-35-22(58)29(65)43(72-13)80-37-15(8-51)74-45(31(67)24(37)60)82-39-17(10-53)76-47(33(69)26(39)62)84-41-19(12-85-5-3-1-2-4-20(55)56)77-48(34(70)27(41)63)83-40-18(11-54)75-46(32(68)25(40)61)81-38-16(9-52)73-44(30(66)23(38)59)79-36-14(7-50)71-42(78-35)28(64)21(36)57/h13-19,21-54,57-70H,1-12H2,(H,55,56)/t13-,14-,15-,16-,17-,18-,19-,21-,22-,23-,24-,25-,26-,27-,28-,29-,30-,31-,32-,33-,34-,35-,36-,37-,38-,39-,40-,41-,42?,43?,44?,45?,46?,47?,48?/m0/s1. The highest BCUT2D eigenvalue weighted by Gasteiger charge is 2.59. The maximum absolute atomic E-state index is 11.8. The third-order valence-electron chi connectivity index (χ3n) is 16.1. The van der Waals surface area contributed by atoms with Gasteiger partial charge < -0.3 is 174 Å². The predicted molar refractivity (Wildman–Crippen MR) is 265 cm³/mol. The van der Waals surface area contributed by atoms with Crippen LogP contribution < -0.4 is 0 Å². The number of hydrogen-bond donors (Lipinski definition) is 21. The summed E-state index contributed by atoms with van der Waals surface area (Å²) >= 11 is 1.19. The molecular weight excluding hydrogens is 1180 g/mol. The fraction of sp³-hybridized carbons (Fsp3) is 0.979. The van der Waals surface area contributed by atoms with Crippen LogP contribution in [0, 0.1) is 0 Å². The van der Waals surface area contributed by atoms with Gasteiger partial charge in [-0.2, -0.15) is 11.8 Å². The van der Waals surface area contributed by atoms with E-state index in [-0.39, 0.29) is 12.2 Å². The van der Waals surface area contributed by atoms with Gasteiger partial charge in [-0.1, -0.05) is 6.42 Å². The van der Waals surface area contributed by atoms with Crippen molar-refractivity contribution in [3.63, 3.8) is 0 Å². The van der Waals surface area contributed by atoms with E-state index in [1.54, 1.807) is 0 Å². The Morgan fingerprint density at radius 1 is 0.271 bits per heavy atom. The van der Waals surface area contributed by atoms with Crippen LogP contribution >= 0.6 is 11.8 Å². The van der Waals surface area contributed by atoms with Crippen molar-refractivity contribution in [2.75, 3.05) is 51.1 Å². The number of unbranched alkanes of at least 4 members (excludes halogenated alkanes) is 2. The first-order valence-corrected chi connectivity index (χ1v) is 28.8. The second-order valence-corrected chi connectivity index (χ2v) is 22.9. The van der Waals surface area contributed by atoms with Gasteiger partial charge in [0.25, 0.3) is 0 Å². The third kappa shape index (κ3) is 15.0. The average molecular weight is 1270 g/mol. The molecule has 21 heterocycles. The smallest absolute Gasteiger partial charge is 0.303 e. The lowest BCUT2D eigenvalue weighted by molar-refractivity contribution is -0.396. The van der Waals surface area contributed by atoms with Crippen LogP contribution in [0.1, 0.15) is 25.7 Å². The topological polar surface area (TPSA) is 571 Å². The molecule has 494 valence electrons. The summed E-state index contributed by atoms with van der Waals surface area (Å²) in [6.07, 6.45) is -68.3. The van der Waals surface area contributed by atoms with E-state index < -0.39 is 261 Å². The molecular formula is C48H80O36S. The summed E-state index contributed by atoms with van der Waals surface area (Å²) < 4.78 is 81.2. The zero-order valence-electron chi connectivity index (χ0n) is 45.1. The number of aliphatic hydroxyl groups is 20. The summed E-state index contributed by atoms with van der Waals surface area (Å²) in [6, 6.07) is 0. The Morgan fingerprint density at radius 3 is 0.671 bits per heavy atom. The maximum Gasteiger partial charge on any atom is 0.303 e. The molecule has 0 aromatic carbocycles. The molecule has 21 fully saturated rings. The molecule has 21 rings (SSSR count). The molecule has 0 aromatic heterocycles. The molecule has 14 bridgehead atoms. The van der Waals surface area contributed by atoms with E-state index in [0.29, 0.717) is 25.0 Å². The van der Waals surface area contributed by atoms with Crippen molar-refractivity contribution in [2.24, 2.45) is 0 Å². The molecule has 35 atom stereocenters. The number of carboxylic acids is 1. The van der Waals surface area contributed by atoms with Crippen LogP contribution in [0.4, 0.5) is 0 Å². The van der Waals surface area contributed by atoms with Gasteiger partial charge >= 0.3 is 5.97 Å². The van der Waals surface area contributed by atoms with Gasteiger partial charge in [0.15, 0.2) is 44.0 Å². The molecule has 7 unspecified atom stereocenters. The highest BCUT2D eigenvalue weighted by molar-refractivity contribution is 7.99. The molecule has 0 spiro atoms. The predicted octanol–water partition coefficient (Wildman–Crippen LogP) is -12.8. The van der Waals surface area contributed by atoms with Gasteiger partial charge in [0.1, 0.15) is 165 Å². The molecule has 0 aliphatic carbocycles. The van der Waals surface area contributed by atoms with Gasteiger partial charge in [0.2, 0.25) is 0 Å². The van der Waals surface area contributed by atoms with Crippen LogP contribution in [0.15, 0.2) is 0 Å². The second-order valence-electron chi connectivity index (χ2n) is 21.7. The summed E-state index contributed by atoms with van der Waals surface area (Å²) in [6.45, 7) is -6.27. The molecule has 21 N–H and O–H groups in total. The van der Waals surface area contributed by atoms with Crippen molar-refractivity contribution in [1.82, 2.24) is 0 Å². The fourth-order valence-electron chi connectivity index (χ4n) is 11.3. The van der Waals surface area contributed by atoms with E-state index in [4.69, 9.17) is 71.4 Å². The Labute approximate surface area is 486 Å². The molecule has 21 aliphatic rings. The van der Waals surface area contributed by atoms with Gasteiger partial charge in [-0.3, -0.25) is 4.79 Å². The minimum atomic E-state index is -2.21. The summed E-state index contributed by atoms with van der Waals surface area (Å²) in [5, 5.41) is 232. The lowest BCUT2D eigenvalue weighted by Crippen LogP contribution is -2.68. The van der Waals surface area contributed by atoms with Crippen molar-refractivity contribution < 1.29 is 178 Å². The van der Waals surface area contributed by atoms with Gasteiger partial charge in [-0.25, -0.2) is 0 Å². The highest BCUT2D eigenvalue weighted by atomic mass is 32.2. The van der Waals surface area contributed by atoms with Crippen molar-refractivity contribution >= 4 is 17.7 Å². The lowest BCUT2D eigenvalue weighted by Gasteiger charge is -2.50. The van der Waals surface area contributed by atoms with Crippen LogP contribution in [-0.4, -0.2) is 379 Å². The number of carboxylic acid groups (broad SMARTS) is 1. The number of thioether (sulfide) groups is 1. The number of aliphatic carboxylic acids is 1. The Hall–Kier alpha value is -1.54. The van der Waals surface area contributed by atoms with Crippen molar-refractivity contribution in [3.8, 4) is 0 Å². The number of hydrogen-bond acceptors (Lipinski definition) is 36. The van der Waals surface area contributed by atoms with Crippen LogP contribution in [0.5, 0.6) is 0 Å². The Kier molecular flexibility index (Phi) is 25.1. The molecule has 21 aliphatic heterocycles. The first-order chi connectivity index (χ1) is 40.5. The maximum atomic E-state index is 11.8. The van der Waals surface area contributed by atoms with Gasteiger partial charge in [0, 0.05) is 12.2 Å². The monoisotopic (exact) mass is 1260 g/mol. The van der Waals surface area contributed by atoms with E-state index in [0.717, 1.165) is 0 Å². The van der Waals surface area contributed by atoms with E-state index in [9.17, 15) is 107 Å². The van der Waals surface area contributed by atoms with E-state index in [1.807, 2.05) is 0 Å². The lowest BCUT2D eigenvalue weighted by atomic mass is 9.95. The Morgan fingerprint density at radius 2 is 0.471 bits per heavy atom. The molecule has 36 nitrogen and oxygen atoms in total. The van der Waals surface area contributed by atoms with Crippen molar-refractivity contribution in [1.29, 1.82) is 0 Å². The molecule has 0 saturated carbocycles. The fourth-order valence-corrected chi connectivity index (χ4v) is 12.3. The summed E-state index contributed by atoms with van der Waals surface area (Å²) in [4.78, 5) is 11.1. The number of aliphatic hydroxyl groups excluding tert-OH is 20. The first kappa shape index (κ1) is 69.4. The van der Waals surface area contributed by atoms with E-state index in [1.165, 1.54) is 11.8 Å². The molecule has 0 radical (unpaired) electrons. The Balaban J connectivity index is 1.08. The number of ether oxygens (including phenoxy) is 14. The number of carbonyl (C=O) groups is 1. The molecule has 37 heteroatoms. The van der Waals surface area contributed by atoms with Crippen LogP contribution in [0.3, 0.4) is 0 Å². The van der Waals surface area contributed by atoms with Crippen LogP contribution in [0.2, 0.25) is 0 Å². The van der Waals surface area contributed by atoms with Gasteiger partial charge in [0.05, 0.1) is 45.7 Å². The van der Waals surface area contributed by atoms with Crippen LogP contribution in [-0.2, 0) is 71.1 Å². The normalized spacial score (nSPS) is 51.2. The minimum absolute atomic E-state index is 0.0883. The zero-order valence-corrected chi connectivity index (χ0v) is 45.9. The zero-order chi connectivity index (χ0) is 61.9. The molecule has 0 aromatic rings. The van der Waals surface area contributed by atoms with E-state index in [2.05, 4.69) is 0 Å². The minimum Gasteiger partial charge on any atom is -0.481 e. The largest absolute Gasteiger partial charge is 0.481 e. The van der Waals surface area contributed by atoms with Gasteiger partial charge in [-0.05, 0) is 18.6 Å². The SMILES string of the molecule is O=C(O)CCCCCSC[C@@H]1OC2O[C@@H]3[C@@H](O)[C@H](O)C(O[C@@H]4[C@@H](O)[C@H](O)C(O[C@@H]5[C@@H](O)[C@H](O)C(O[C@@H]6[C@@H](O)[C@H](O)C(O[C@@H]7[C@@H](O)[C@H](O)C(O[C@@H]8[C@@H](O)[C@H](O)C(O[C@@H]1[C@@H](O)[C@@H]2O)O[C@H]8CO)O[C@H]7CO)O[C@H]6CO)O[C@H]5CO)O[C@H]4CO)O[C@H]3CO. The molecule has 21 saturated heterocycles. The number of rotatable bonds is 14. The van der Waals surface area contributed by atoms with Crippen molar-refractivity contribution in [3.05, 3.63) is 0 Å². The molecule has 0 amide bonds. The Bertz CT molecular complexity index is 2030. The van der Waals surface area contributed by atoms with Crippen LogP contribution in [0.25, 0.3) is 0 Å². The third-order valence-corrected chi connectivity index (χ3v) is 17.2. The summed E-state index contributed by atoms with van der Waals surface area (Å²) in [5.41, 5.74) is 0. The van der Waals surface area contributed by atoms with E-state index >= 15 is 0 Å². The second kappa shape index (κ2) is 30.7. The highest BCUT2D eigenvalue weighted by Crippen LogP contribution is 2.39. The first-order valence-electron chi connectivity index (χ1n) is 27.7. The summed E-state index contributed by atoms with van der Waals surface area (Å²) in [7, 11) is 0. The summed E-state index contributed by atoms with van der Waals surface area (Å²) in [5.74, 6) is -0.764. The quantitative estimate of drug-likeness (QED) is 0.0718. The molecule has 85 heavy (non-hydrogen) atoms. The van der Waals surface area contributed by atoms with Gasteiger partial charge in [-0.15, -0.1) is 0 Å².